The van der Waals surface area contributed by atoms with Crippen molar-refractivity contribution < 1.29 is 9.47 Å². The number of imidazole rings is 1. The zero-order valence-corrected chi connectivity index (χ0v) is 9.50. The molecule has 0 unspecified atom stereocenters. The minimum atomic E-state index is 0.696. The van der Waals surface area contributed by atoms with Crippen LogP contribution in [0.3, 0.4) is 0 Å². The number of rotatable bonds is 2. The highest BCUT2D eigenvalue weighted by Crippen LogP contribution is 2.30. The maximum Gasteiger partial charge on any atom is 0.163 e. The van der Waals surface area contributed by atoms with Gasteiger partial charge in [-0.2, -0.15) is 0 Å². The van der Waals surface area contributed by atoms with Crippen molar-refractivity contribution in [1.82, 2.24) is 9.97 Å². The van der Waals surface area contributed by atoms with Crippen molar-refractivity contribution in [3.63, 3.8) is 0 Å². The number of ether oxygens (including phenoxy) is 2. The molecule has 0 spiro atoms. The number of H-pyrrole nitrogens is 1. The molecule has 0 saturated carbocycles. The summed E-state index contributed by atoms with van der Waals surface area (Å²) in [6.07, 6.45) is 1.64. The summed E-state index contributed by atoms with van der Waals surface area (Å²) >= 11 is 0. The van der Waals surface area contributed by atoms with Crippen LogP contribution in [0, 0.1) is 0 Å². The molecule has 0 aliphatic rings. The van der Waals surface area contributed by atoms with Crippen LogP contribution < -0.4 is 9.47 Å². The Balaban J connectivity index is 0.000000531. The largest absolute Gasteiger partial charge is 0.493 e. The lowest BCUT2D eigenvalue weighted by Gasteiger charge is -2.06. The van der Waals surface area contributed by atoms with Gasteiger partial charge < -0.3 is 14.5 Å². The summed E-state index contributed by atoms with van der Waals surface area (Å²) in [6.45, 7) is 4.00. The number of hydrogen-bond acceptors (Lipinski definition) is 3. The Morgan fingerprint density at radius 3 is 2.27 bits per heavy atom. The summed E-state index contributed by atoms with van der Waals surface area (Å²) in [6, 6.07) is 3.70. The van der Waals surface area contributed by atoms with Crippen LogP contribution in [-0.2, 0) is 0 Å². The fourth-order valence-electron chi connectivity index (χ4n) is 1.26. The first kappa shape index (κ1) is 11.4. The molecule has 0 radical (unpaired) electrons. The minimum Gasteiger partial charge on any atom is -0.493 e. The van der Waals surface area contributed by atoms with Crippen LogP contribution in [0.1, 0.15) is 13.8 Å². The number of aromatic nitrogens is 2. The molecule has 0 bridgehead atoms. The van der Waals surface area contributed by atoms with E-state index < -0.39 is 0 Å². The topological polar surface area (TPSA) is 47.1 Å². The smallest absolute Gasteiger partial charge is 0.163 e. The van der Waals surface area contributed by atoms with Crippen molar-refractivity contribution in [2.24, 2.45) is 0 Å². The van der Waals surface area contributed by atoms with Gasteiger partial charge >= 0.3 is 0 Å². The molecule has 82 valence electrons. The third-order valence-corrected chi connectivity index (χ3v) is 1.93. The highest BCUT2D eigenvalue weighted by Gasteiger charge is 2.06. The molecule has 1 N–H and O–H groups in total. The number of nitrogens with one attached hydrogen (secondary N) is 1. The molecule has 15 heavy (non-hydrogen) atoms. The van der Waals surface area contributed by atoms with Gasteiger partial charge in [-0.1, -0.05) is 13.8 Å². The highest BCUT2D eigenvalue weighted by molar-refractivity contribution is 5.79. The number of methoxy groups -OCH3 is 2. The lowest BCUT2D eigenvalue weighted by atomic mass is 10.3. The van der Waals surface area contributed by atoms with Crippen molar-refractivity contribution in [1.29, 1.82) is 0 Å². The van der Waals surface area contributed by atoms with E-state index in [0.717, 1.165) is 11.0 Å². The van der Waals surface area contributed by atoms with Crippen LogP contribution in [0.5, 0.6) is 11.5 Å². The van der Waals surface area contributed by atoms with Crippen molar-refractivity contribution in [3.8, 4) is 11.5 Å². The van der Waals surface area contributed by atoms with Gasteiger partial charge in [-0.3, -0.25) is 0 Å². The van der Waals surface area contributed by atoms with Crippen molar-refractivity contribution in [2.45, 2.75) is 13.8 Å². The lowest BCUT2D eigenvalue weighted by Crippen LogP contribution is -1.89. The Morgan fingerprint density at radius 2 is 1.67 bits per heavy atom. The van der Waals surface area contributed by atoms with Gasteiger partial charge in [0.25, 0.3) is 0 Å². The maximum atomic E-state index is 5.14. The van der Waals surface area contributed by atoms with E-state index >= 15 is 0 Å². The molecule has 0 aliphatic carbocycles. The molecular formula is C11H16N2O2. The van der Waals surface area contributed by atoms with E-state index in [1.807, 2.05) is 26.0 Å². The van der Waals surface area contributed by atoms with Gasteiger partial charge in [-0.25, -0.2) is 4.98 Å². The van der Waals surface area contributed by atoms with Gasteiger partial charge in [-0.15, -0.1) is 0 Å². The standard InChI is InChI=1S/C9H10N2O2.C2H6/c1-12-8-3-6-7(11-5-10-6)4-9(8)13-2;1-2/h3-5H,1-2H3,(H,10,11);1-2H3. The molecule has 0 amide bonds. The van der Waals surface area contributed by atoms with Crippen LogP contribution in [0.2, 0.25) is 0 Å². The van der Waals surface area contributed by atoms with E-state index in [-0.39, 0.29) is 0 Å². The lowest BCUT2D eigenvalue weighted by molar-refractivity contribution is 0.356. The van der Waals surface area contributed by atoms with Crippen LogP contribution in [0.15, 0.2) is 18.5 Å². The van der Waals surface area contributed by atoms with Gasteiger partial charge in [0.05, 0.1) is 31.6 Å². The summed E-state index contributed by atoms with van der Waals surface area (Å²) < 4.78 is 10.3. The number of benzene rings is 1. The first-order valence-corrected chi connectivity index (χ1v) is 4.90. The van der Waals surface area contributed by atoms with E-state index in [1.165, 1.54) is 0 Å². The minimum absolute atomic E-state index is 0.696. The fraction of sp³-hybridized carbons (Fsp3) is 0.364. The Bertz CT molecular complexity index is 385. The molecular weight excluding hydrogens is 192 g/mol. The molecule has 0 saturated heterocycles. The Morgan fingerprint density at radius 1 is 1.07 bits per heavy atom. The second-order valence-corrected chi connectivity index (χ2v) is 2.63. The van der Waals surface area contributed by atoms with Gasteiger partial charge in [-0.05, 0) is 0 Å². The Hall–Kier alpha value is -1.71. The van der Waals surface area contributed by atoms with E-state index in [9.17, 15) is 0 Å². The molecule has 1 aromatic carbocycles. The van der Waals surface area contributed by atoms with Crippen molar-refractivity contribution in [3.05, 3.63) is 18.5 Å². The van der Waals surface area contributed by atoms with Gasteiger partial charge in [0.2, 0.25) is 0 Å². The highest BCUT2D eigenvalue weighted by atomic mass is 16.5. The van der Waals surface area contributed by atoms with Gasteiger partial charge in [0.1, 0.15) is 0 Å². The molecule has 1 heterocycles. The van der Waals surface area contributed by atoms with Crippen LogP contribution in [-0.4, -0.2) is 24.2 Å². The predicted molar refractivity (Wildman–Crippen MR) is 60.5 cm³/mol. The molecule has 1 aromatic heterocycles. The van der Waals surface area contributed by atoms with E-state index in [0.29, 0.717) is 11.5 Å². The monoisotopic (exact) mass is 208 g/mol. The van der Waals surface area contributed by atoms with Crippen LogP contribution in [0.25, 0.3) is 11.0 Å². The number of nitrogens with zero attached hydrogens (tertiary/aromatic N) is 1. The molecule has 2 rings (SSSR count). The fourth-order valence-corrected chi connectivity index (χ4v) is 1.26. The summed E-state index contributed by atoms with van der Waals surface area (Å²) in [5, 5.41) is 0. The Labute approximate surface area is 89.2 Å². The third kappa shape index (κ3) is 2.21. The van der Waals surface area contributed by atoms with Gasteiger partial charge in [0, 0.05) is 12.1 Å². The maximum absolute atomic E-state index is 5.14. The number of fused-ring (bicyclic) bond motifs is 1. The third-order valence-electron chi connectivity index (χ3n) is 1.93. The zero-order chi connectivity index (χ0) is 11.3. The second kappa shape index (κ2) is 5.24. The quantitative estimate of drug-likeness (QED) is 0.825. The Kier molecular flexibility index (Phi) is 3.97. The van der Waals surface area contributed by atoms with E-state index in [2.05, 4.69) is 9.97 Å². The first-order valence-electron chi connectivity index (χ1n) is 4.90. The average molecular weight is 208 g/mol. The van der Waals surface area contributed by atoms with E-state index in [4.69, 9.17) is 9.47 Å². The molecule has 0 fully saturated rings. The molecule has 4 nitrogen and oxygen atoms in total. The summed E-state index contributed by atoms with van der Waals surface area (Å²) in [7, 11) is 3.22. The molecule has 4 heteroatoms. The predicted octanol–water partition coefficient (Wildman–Crippen LogP) is 2.61. The van der Waals surface area contributed by atoms with Crippen molar-refractivity contribution in [2.75, 3.05) is 14.2 Å². The van der Waals surface area contributed by atoms with Gasteiger partial charge in [0.15, 0.2) is 11.5 Å². The number of hydrogen-bond donors (Lipinski definition) is 1. The van der Waals surface area contributed by atoms with Crippen LogP contribution >= 0.6 is 0 Å². The summed E-state index contributed by atoms with van der Waals surface area (Å²) in [5.74, 6) is 1.40. The second-order valence-electron chi connectivity index (χ2n) is 2.63. The van der Waals surface area contributed by atoms with Crippen LogP contribution in [0.4, 0.5) is 0 Å². The molecule has 2 aromatic rings. The molecule has 0 atom stereocenters. The summed E-state index contributed by atoms with van der Waals surface area (Å²) in [5.41, 5.74) is 1.82. The SMILES string of the molecule is CC.COc1cc2nc[nH]c2cc1OC. The zero-order valence-electron chi connectivity index (χ0n) is 9.50. The average Bonchev–Trinajstić information content (AvgIpc) is 2.76. The first-order chi connectivity index (χ1) is 7.35. The van der Waals surface area contributed by atoms with E-state index in [1.54, 1.807) is 20.5 Å². The summed E-state index contributed by atoms with van der Waals surface area (Å²) in [4.78, 5) is 7.11. The normalized spacial score (nSPS) is 9.33. The van der Waals surface area contributed by atoms with Crippen molar-refractivity contribution >= 4 is 11.0 Å². The number of aromatic amines is 1. The molecule has 0 aliphatic heterocycles.